The van der Waals surface area contributed by atoms with Crippen LogP contribution < -0.4 is 0 Å². The van der Waals surface area contributed by atoms with Crippen molar-refractivity contribution in [3.63, 3.8) is 0 Å². The summed E-state index contributed by atoms with van der Waals surface area (Å²) in [5.74, 6) is -1.50. The molecule has 0 aromatic heterocycles. The van der Waals surface area contributed by atoms with Gasteiger partial charge >= 0.3 is 5.97 Å². The first kappa shape index (κ1) is 14.6. The van der Waals surface area contributed by atoms with Crippen molar-refractivity contribution in [1.82, 2.24) is 0 Å². The van der Waals surface area contributed by atoms with Crippen LogP contribution in [0.25, 0.3) is 0 Å². The Morgan fingerprint density at radius 2 is 1.56 bits per heavy atom. The molecule has 0 spiro atoms. The molecule has 8 nitrogen and oxygen atoms in total. The molecule has 10 heteroatoms. The van der Waals surface area contributed by atoms with Crippen molar-refractivity contribution in [2.75, 3.05) is 0 Å². The van der Waals surface area contributed by atoms with Crippen molar-refractivity contribution in [2.24, 2.45) is 0 Å². The first-order chi connectivity index (χ1) is 7.96. The van der Waals surface area contributed by atoms with E-state index in [4.69, 9.17) is 14.2 Å². The monoisotopic (exact) mass is 296 g/mol. The summed E-state index contributed by atoms with van der Waals surface area (Å²) < 4.78 is 61.9. The van der Waals surface area contributed by atoms with Crippen LogP contribution in [0.5, 0.6) is 0 Å². The summed E-state index contributed by atoms with van der Waals surface area (Å²) in [5, 5.41) is 8.76. The summed E-state index contributed by atoms with van der Waals surface area (Å²) in [7, 11) is -9.92. The normalized spacial score (nSPS) is 12.4. The van der Waals surface area contributed by atoms with Gasteiger partial charge in [-0.15, -0.1) is 0 Å². The number of carboxylic acid groups (broad SMARTS) is 1. The molecule has 0 bridgehead atoms. The summed E-state index contributed by atoms with van der Waals surface area (Å²) >= 11 is 0. The van der Waals surface area contributed by atoms with Crippen LogP contribution in [-0.2, 0) is 20.2 Å². The molecule has 0 atom stereocenters. The topological polar surface area (TPSA) is 146 Å². The van der Waals surface area contributed by atoms with E-state index in [9.17, 15) is 21.6 Å². The second-order valence-electron chi connectivity index (χ2n) is 3.32. The molecule has 0 radical (unpaired) electrons. The Bertz CT molecular complexity index is 714. The van der Waals surface area contributed by atoms with E-state index in [2.05, 4.69) is 0 Å². The lowest BCUT2D eigenvalue weighted by molar-refractivity contribution is 0.0695. The molecule has 0 aliphatic carbocycles. The highest BCUT2D eigenvalue weighted by molar-refractivity contribution is 7.89. The van der Waals surface area contributed by atoms with Crippen molar-refractivity contribution < 1.29 is 35.8 Å². The Kier molecular flexibility index (Phi) is 3.49. The summed E-state index contributed by atoms with van der Waals surface area (Å²) in [6.07, 6.45) is 0. The Labute approximate surface area is 102 Å². The third-order valence-electron chi connectivity index (χ3n) is 2.14. The van der Waals surface area contributed by atoms with E-state index in [1.165, 1.54) is 0 Å². The van der Waals surface area contributed by atoms with Crippen molar-refractivity contribution in [1.29, 1.82) is 0 Å². The Morgan fingerprint density at radius 1 is 1.06 bits per heavy atom. The quantitative estimate of drug-likeness (QED) is 0.670. The molecule has 18 heavy (non-hydrogen) atoms. The van der Waals surface area contributed by atoms with Crippen LogP contribution in [0.4, 0.5) is 0 Å². The van der Waals surface area contributed by atoms with Gasteiger partial charge in [0, 0.05) is 0 Å². The van der Waals surface area contributed by atoms with Crippen LogP contribution >= 0.6 is 0 Å². The molecule has 1 rings (SSSR count). The van der Waals surface area contributed by atoms with Gasteiger partial charge in [0.05, 0.1) is 5.56 Å². The van der Waals surface area contributed by atoms with E-state index in [-0.39, 0.29) is 0 Å². The third-order valence-corrected chi connectivity index (χ3v) is 4.20. The minimum atomic E-state index is -5.01. The second-order valence-corrected chi connectivity index (χ2v) is 6.07. The van der Waals surface area contributed by atoms with Gasteiger partial charge in [0.2, 0.25) is 0 Å². The van der Waals surface area contributed by atoms with Crippen molar-refractivity contribution >= 4 is 26.2 Å². The van der Waals surface area contributed by atoms with Crippen LogP contribution in [0.2, 0.25) is 0 Å². The summed E-state index contributed by atoms with van der Waals surface area (Å²) in [5.41, 5.74) is -0.991. The lowest BCUT2D eigenvalue weighted by Gasteiger charge is -2.10. The highest BCUT2D eigenvalue weighted by atomic mass is 32.2. The molecule has 0 saturated carbocycles. The highest BCUT2D eigenvalue weighted by Crippen LogP contribution is 2.27. The third kappa shape index (κ3) is 2.67. The molecular weight excluding hydrogens is 288 g/mol. The molecule has 0 aliphatic rings. The number of carbonyl (C=O) groups is 1. The van der Waals surface area contributed by atoms with E-state index >= 15 is 0 Å². The largest absolute Gasteiger partial charge is 0.478 e. The highest BCUT2D eigenvalue weighted by Gasteiger charge is 2.28. The molecule has 1 aromatic carbocycles. The first-order valence-electron chi connectivity index (χ1n) is 4.28. The van der Waals surface area contributed by atoms with Gasteiger partial charge in [0.25, 0.3) is 20.2 Å². The predicted molar refractivity (Wildman–Crippen MR) is 57.8 cm³/mol. The van der Waals surface area contributed by atoms with Crippen molar-refractivity contribution in [3.05, 3.63) is 23.3 Å². The Hall–Kier alpha value is -1.49. The van der Waals surface area contributed by atoms with Gasteiger partial charge < -0.3 is 5.11 Å². The van der Waals surface area contributed by atoms with Crippen molar-refractivity contribution in [3.8, 4) is 0 Å². The fourth-order valence-electron chi connectivity index (χ4n) is 1.42. The minimum absolute atomic E-state index is 0.486. The van der Waals surface area contributed by atoms with Gasteiger partial charge in [-0.25, -0.2) is 4.79 Å². The van der Waals surface area contributed by atoms with E-state index in [1.807, 2.05) is 0 Å². The van der Waals surface area contributed by atoms with Gasteiger partial charge in [-0.1, -0.05) is 0 Å². The standard InChI is InChI=1S/C8H8O8S2/c1-4-5(8(9)10)2-3-6(17(11,12)13)7(4)18(14,15)16/h2-3H,1H3,(H,9,10)(H,11,12,13)(H,14,15,16). The van der Waals surface area contributed by atoms with Crippen LogP contribution in [0.1, 0.15) is 15.9 Å². The molecular formula is C8H8O8S2. The van der Waals surface area contributed by atoms with E-state index < -0.39 is 47.1 Å². The van der Waals surface area contributed by atoms with Crippen LogP contribution in [0, 0.1) is 6.92 Å². The molecule has 0 saturated heterocycles. The average molecular weight is 296 g/mol. The zero-order valence-electron chi connectivity index (χ0n) is 8.85. The van der Waals surface area contributed by atoms with Gasteiger partial charge in [-0.2, -0.15) is 16.8 Å². The van der Waals surface area contributed by atoms with Gasteiger partial charge in [-0.05, 0) is 24.6 Å². The number of hydrogen-bond acceptors (Lipinski definition) is 5. The lowest BCUT2D eigenvalue weighted by Crippen LogP contribution is -2.13. The summed E-state index contributed by atoms with van der Waals surface area (Å²) in [6, 6.07) is 1.41. The zero-order valence-corrected chi connectivity index (χ0v) is 10.5. The van der Waals surface area contributed by atoms with Gasteiger partial charge in [0.15, 0.2) is 0 Å². The van der Waals surface area contributed by atoms with Crippen LogP contribution in [0.3, 0.4) is 0 Å². The van der Waals surface area contributed by atoms with E-state index in [0.29, 0.717) is 6.07 Å². The SMILES string of the molecule is Cc1c(C(=O)O)ccc(S(=O)(=O)O)c1S(=O)(=O)O. The fraction of sp³-hybridized carbons (Fsp3) is 0.125. The Balaban J connectivity index is 3.92. The molecule has 0 unspecified atom stereocenters. The molecule has 100 valence electrons. The van der Waals surface area contributed by atoms with E-state index in [0.717, 1.165) is 13.0 Å². The van der Waals surface area contributed by atoms with Gasteiger partial charge in [-0.3, -0.25) is 9.11 Å². The van der Waals surface area contributed by atoms with Crippen LogP contribution in [0.15, 0.2) is 21.9 Å². The number of rotatable bonds is 3. The minimum Gasteiger partial charge on any atom is -0.478 e. The first-order valence-corrected chi connectivity index (χ1v) is 7.16. The van der Waals surface area contributed by atoms with Crippen molar-refractivity contribution in [2.45, 2.75) is 16.7 Å². The molecule has 3 N–H and O–H groups in total. The summed E-state index contributed by atoms with van der Waals surface area (Å²) in [6.45, 7) is 1.00. The molecule has 0 amide bonds. The number of hydrogen-bond donors (Lipinski definition) is 3. The maximum atomic E-state index is 11.1. The second kappa shape index (κ2) is 4.31. The molecule has 1 aromatic rings. The predicted octanol–water partition coefficient (Wildman–Crippen LogP) is 0.187. The number of benzene rings is 1. The maximum absolute atomic E-state index is 11.1. The van der Waals surface area contributed by atoms with Crippen LogP contribution in [-0.4, -0.2) is 37.0 Å². The summed E-state index contributed by atoms with van der Waals surface area (Å²) in [4.78, 5) is 8.55. The maximum Gasteiger partial charge on any atom is 0.335 e. The Morgan fingerprint density at radius 3 is 1.89 bits per heavy atom. The molecule has 0 heterocycles. The van der Waals surface area contributed by atoms with Gasteiger partial charge in [0.1, 0.15) is 9.79 Å². The number of carboxylic acids is 1. The number of aromatic carboxylic acids is 1. The zero-order chi connectivity index (χ0) is 14.3. The van der Waals surface area contributed by atoms with E-state index in [1.54, 1.807) is 0 Å². The smallest absolute Gasteiger partial charge is 0.335 e. The average Bonchev–Trinajstić information content (AvgIpc) is 2.12. The molecule has 0 fully saturated rings. The molecule has 0 aliphatic heterocycles. The lowest BCUT2D eigenvalue weighted by atomic mass is 10.1. The fourth-order valence-corrected chi connectivity index (χ4v) is 3.50.